The lowest BCUT2D eigenvalue weighted by molar-refractivity contribution is -0.389. The molecule has 29 atom stereocenters. The summed E-state index contributed by atoms with van der Waals surface area (Å²) < 4.78 is 61.3. The summed E-state index contributed by atoms with van der Waals surface area (Å²) in [5.41, 5.74) is -0.258. The molecule has 0 bridgehead atoms. The van der Waals surface area contributed by atoms with Crippen molar-refractivity contribution in [1.29, 1.82) is 0 Å². The second-order valence-electron chi connectivity index (χ2n) is 23.1. The molecule has 9 fully saturated rings. The van der Waals surface area contributed by atoms with Gasteiger partial charge >= 0.3 is 0 Å². The Balaban J connectivity index is 0.866. The highest BCUT2D eigenvalue weighted by Gasteiger charge is 2.76. The molecule has 10 rings (SSSR count). The summed E-state index contributed by atoms with van der Waals surface area (Å²) in [6, 6.07) is 0. The number of hydrogen-bond donors (Lipinski definition) is 11. The third-order valence-corrected chi connectivity index (χ3v) is 19.3. The molecule has 6 aliphatic heterocycles. The maximum absolute atomic E-state index is 12.9. The van der Waals surface area contributed by atoms with E-state index in [-0.39, 0.29) is 28.8 Å². The minimum atomic E-state index is -1.82. The van der Waals surface area contributed by atoms with E-state index in [1.54, 1.807) is 0 Å². The van der Waals surface area contributed by atoms with Crippen molar-refractivity contribution in [1.82, 2.24) is 0 Å². The third kappa shape index (κ3) is 8.41. The summed E-state index contributed by atoms with van der Waals surface area (Å²) in [4.78, 5) is 0. The highest BCUT2D eigenvalue weighted by atomic mass is 16.8. The Hall–Kier alpha value is -1.10. The average Bonchev–Trinajstić information content (AvgIpc) is 3.69. The lowest BCUT2D eigenvalue weighted by atomic mass is 9.46. The first-order chi connectivity index (χ1) is 33.1. The number of hydrogen-bond acceptors (Lipinski definition) is 21. The van der Waals surface area contributed by atoms with E-state index in [0.717, 1.165) is 44.9 Å². The Morgan fingerprint density at radius 2 is 1.33 bits per heavy atom. The van der Waals surface area contributed by atoms with Crippen LogP contribution in [-0.2, 0) is 47.4 Å². The van der Waals surface area contributed by atoms with E-state index < -0.39 is 148 Å². The first-order valence-electron chi connectivity index (χ1n) is 25.8. The zero-order valence-electron chi connectivity index (χ0n) is 40.7. The molecular formula is C49H78O21. The van der Waals surface area contributed by atoms with Crippen LogP contribution in [0.4, 0.5) is 0 Å². The molecule has 6 heterocycles. The van der Waals surface area contributed by atoms with Gasteiger partial charge in [0.2, 0.25) is 0 Å². The van der Waals surface area contributed by atoms with Crippen molar-refractivity contribution in [2.75, 3.05) is 26.4 Å². The van der Waals surface area contributed by atoms with Gasteiger partial charge in [-0.05, 0) is 87.4 Å². The maximum atomic E-state index is 12.9. The van der Waals surface area contributed by atoms with Crippen LogP contribution >= 0.6 is 0 Å². The van der Waals surface area contributed by atoms with Crippen LogP contribution in [0, 0.1) is 40.4 Å². The number of aliphatic hydroxyl groups excluding tert-OH is 10. The zero-order valence-corrected chi connectivity index (χ0v) is 40.7. The van der Waals surface area contributed by atoms with Crippen LogP contribution in [0.3, 0.4) is 0 Å². The van der Waals surface area contributed by atoms with Crippen LogP contribution < -0.4 is 0 Å². The molecular weight excluding hydrogens is 925 g/mol. The van der Waals surface area contributed by atoms with Crippen LogP contribution in [0.2, 0.25) is 0 Å². The van der Waals surface area contributed by atoms with E-state index in [1.807, 2.05) is 0 Å². The molecule has 400 valence electrons. The topological polar surface area (TPSA) is 315 Å². The quantitative estimate of drug-likeness (QED) is 0.116. The molecule has 1 spiro atoms. The van der Waals surface area contributed by atoms with Crippen molar-refractivity contribution in [2.45, 2.75) is 227 Å². The van der Waals surface area contributed by atoms with Gasteiger partial charge in [-0.15, -0.1) is 0 Å². The summed E-state index contributed by atoms with van der Waals surface area (Å²) in [6.45, 7) is 9.46. The minimum absolute atomic E-state index is 0.161. The van der Waals surface area contributed by atoms with E-state index >= 15 is 0 Å². The highest BCUT2D eigenvalue weighted by molar-refractivity contribution is 5.29. The Morgan fingerprint density at radius 3 is 2.04 bits per heavy atom. The van der Waals surface area contributed by atoms with E-state index in [4.69, 9.17) is 47.4 Å². The van der Waals surface area contributed by atoms with Gasteiger partial charge < -0.3 is 104 Å². The second-order valence-corrected chi connectivity index (χ2v) is 23.1. The lowest BCUT2D eigenvalue weighted by Gasteiger charge is -2.60. The van der Waals surface area contributed by atoms with Crippen LogP contribution in [-0.4, -0.2) is 217 Å². The first-order valence-corrected chi connectivity index (χ1v) is 25.8. The van der Waals surface area contributed by atoms with Gasteiger partial charge in [-0.2, -0.15) is 0 Å². The Kier molecular flexibility index (Phi) is 14.6. The number of ether oxygens (including phenoxy) is 10. The molecule has 0 aromatic carbocycles. The van der Waals surface area contributed by atoms with Crippen molar-refractivity contribution >= 4 is 0 Å². The normalized spacial score (nSPS) is 58.0. The predicted molar refractivity (Wildman–Crippen MR) is 236 cm³/mol. The molecule has 3 unspecified atom stereocenters. The Labute approximate surface area is 407 Å². The van der Waals surface area contributed by atoms with E-state index in [2.05, 4.69) is 33.8 Å². The van der Waals surface area contributed by atoms with Gasteiger partial charge in [-0.25, -0.2) is 0 Å². The van der Waals surface area contributed by atoms with Crippen molar-refractivity contribution in [2.24, 2.45) is 40.4 Å². The van der Waals surface area contributed by atoms with Gasteiger partial charge in [0, 0.05) is 17.8 Å². The van der Waals surface area contributed by atoms with Crippen molar-refractivity contribution in [3.05, 3.63) is 11.6 Å². The molecule has 10 aliphatic rings. The van der Waals surface area contributed by atoms with Crippen molar-refractivity contribution in [3.8, 4) is 0 Å². The van der Waals surface area contributed by atoms with Crippen molar-refractivity contribution < 1.29 is 104 Å². The van der Waals surface area contributed by atoms with Crippen LogP contribution in [0.15, 0.2) is 11.6 Å². The smallest absolute Gasteiger partial charge is 0.187 e. The number of allylic oxidation sites excluding steroid dienone is 1. The van der Waals surface area contributed by atoms with Crippen LogP contribution in [0.1, 0.15) is 92.4 Å². The summed E-state index contributed by atoms with van der Waals surface area (Å²) in [7, 11) is 0. The number of aliphatic hydroxyl groups is 11. The standard InChI is InChI=1S/C49H78O21/c1-20-8-13-48(63-17-20)22(3)49(60)31(70-48)15-27-25-7-6-23-14-24(9-11-46(23,4)26(25)10-12-47(27,49)5)65-45-41(37(58)40(30(16-50)66-45)68-44-36(57)34(55)32(53)21(2)64-44)69-43-38(59)39(29(52)19-62-43)67-42-35(56)33(54)28(51)18-61-42/h6,20-22,24-45,50-60H,7-19H2,1-5H3/t20-,21-,22+,24-,25?,26?,27?,28+,29-,30+,31-,32-,33-,34+,35+,36+,37-,38+,39-,40+,41+,42-,43-,44-,45+,46-,47-,48+,49+/m0/s1. The molecule has 3 saturated carbocycles. The van der Waals surface area contributed by atoms with Crippen LogP contribution in [0.5, 0.6) is 0 Å². The summed E-state index contributed by atoms with van der Waals surface area (Å²) >= 11 is 0. The summed E-state index contributed by atoms with van der Waals surface area (Å²) in [6.07, 6.45) is -19.2. The largest absolute Gasteiger partial charge is 0.394 e. The van der Waals surface area contributed by atoms with E-state index in [9.17, 15) is 56.2 Å². The fourth-order valence-corrected chi connectivity index (χ4v) is 14.9. The molecule has 0 aromatic rings. The maximum Gasteiger partial charge on any atom is 0.187 e. The number of fused-ring (bicyclic) bond motifs is 7. The SMILES string of the molecule is C[C@H]1CC[C@@]2(OC1)O[C@H]1CC3C4CC=C5C[C@@H](O[C@@H]6O[C@H](CO)[C@@H](O[C@@H]7O[C@@H](C)[C@H](O)[C@@H](O)[C@H]7O)[C@H](O)[C@H]6O[C@@H]6OC[C@H](O)[C@H](O[C@@H]7OC[C@@H](O)[C@H](O)[C@H]7O)[C@H]6O)CC[C@]5(C)C4CC[C@]3(C)[C@@]1(O)[C@@H]2C. The predicted octanol–water partition coefficient (Wildman–Crippen LogP) is -1.57. The number of rotatable bonds is 9. The second kappa shape index (κ2) is 19.5. The van der Waals surface area contributed by atoms with Gasteiger partial charge in [0.05, 0.1) is 44.7 Å². The van der Waals surface area contributed by atoms with Gasteiger partial charge in [-0.1, -0.05) is 39.3 Å². The zero-order chi connectivity index (χ0) is 50.0. The molecule has 70 heavy (non-hydrogen) atoms. The molecule has 4 aliphatic carbocycles. The fourth-order valence-electron chi connectivity index (χ4n) is 14.9. The van der Waals surface area contributed by atoms with Crippen molar-refractivity contribution in [3.63, 3.8) is 0 Å². The molecule has 6 saturated heterocycles. The van der Waals surface area contributed by atoms with E-state index in [1.165, 1.54) is 12.5 Å². The summed E-state index contributed by atoms with van der Waals surface area (Å²) in [5, 5.41) is 121. The first kappa shape index (κ1) is 52.3. The monoisotopic (exact) mass is 1000 g/mol. The molecule has 0 amide bonds. The lowest BCUT2D eigenvalue weighted by Crippen LogP contribution is -2.66. The highest BCUT2D eigenvalue weighted by Crippen LogP contribution is 2.72. The molecule has 0 aromatic heterocycles. The van der Waals surface area contributed by atoms with E-state index in [0.29, 0.717) is 37.2 Å². The molecule has 21 heteroatoms. The van der Waals surface area contributed by atoms with Gasteiger partial charge in [0.25, 0.3) is 0 Å². The third-order valence-electron chi connectivity index (χ3n) is 19.3. The minimum Gasteiger partial charge on any atom is -0.394 e. The fraction of sp³-hybridized carbons (Fsp3) is 0.959. The molecule has 0 radical (unpaired) electrons. The van der Waals surface area contributed by atoms with Gasteiger partial charge in [0.15, 0.2) is 30.9 Å². The van der Waals surface area contributed by atoms with Gasteiger partial charge in [0.1, 0.15) is 85.0 Å². The molecule has 21 nitrogen and oxygen atoms in total. The van der Waals surface area contributed by atoms with Gasteiger partial charge in [-0.3, -0.25) is 0 Å². The Bertz CT molecular complexity index is 1870. The molecule has 11 N–H and O–H groups in total. The van der Waals surface area contributed by atoms with Crippen LogP contribution in [0.25, 0.3) is 0 Å². The Morgan fingerprint density at radius 1 is 0.643 bits per heavy atom. The summed E-state index contributed by atoms with van der Waals surface area (Å²) in [5.74, 6) is 0.502. The average molecular weight is 1000 g/mol.